The molecule has 3 aromatic rings. The molecule has 0 aliphatic rings. The Morgan fingerprint density at radius 1 is 0.571 bits per heavy atom. The number of phenols is 2. The molecule has 0 fully saturated rings. The van der Waals surface area contributed by atoms with E-state index in [-0.39, 0.29) is 11.5 Å². The molecule has 2 nitrogen and oxygen atoms in total. The summed E-state index contributed by atoms with van der Waals surface area (Å²) in [6, 6.07) is 20.6. The molecule has 2 N–H and O–H groups in total. The molecule has 0 aliphatic carbocycles. The first kappa shape index (κ1) is 13.3. The van der Waals surface area contributed by atoms with Crippen molar-refractivity contribution in [3.63, 3.8) is 0 Å². The molecule has 0 amide bonds. The van der Waals surface area contributed by atoms with Crippen molar-refractivity contribution in [3.05, 3.63) is 72.3 Å². The summed E-state index contributed by atoms with van der Waals surface area (Å²) in [6.45, 7) is 2.09. The fourth-order valence-corrected chi connectivity index (χ4v) is 2.54. The Labute approximate surface area is 123 Å². The lowest BCUT2D eigenvalue weighted by Gasteiger charge is -2.12. The highest BCUT2D eigenvalue weighted by Gasteiger charge is 2.08. The van der Waals surface area contributed by atoms with Crippen molar-refractivity contribution in [1.29, 1.82) is 0 Å². The van der Waals surface area contributed by atoms with Crippen LogP contribution in [0.3, 0.4) is 0 Å². The zero-order valence-corrected chi connectivity index (χ0v) is 11.7. The summed E-state index contributed by atoms with van der Waals surface area (Å²) in [6.07, 6.45) is 0. The standard InChI is InChI=1S/C19H16O2/c1-13-18(14-5-9-16(20)10-6-14)3-2-4-19(13)15-7-11-17(21)12-8-15/h2-12,20-21H,1H3. The fraction of sp³-hybridized carbons (Fsp3) is 0.0526. The molecule has 2 heteroatoms. The molecular formula is C19H16O2. The van der Waals surface area contributed by atoms with E-state index in [2.05, 4.69) is 19.1 Å². The highest BCUT2D eigenvalue weighted by Crippen LogP contribution is 2.32. The topological polar surface area (TPSA) is 40.5 Å². The predicted octanol–water partition coefficient (Wildman–Crippen LogP) is 4.74. The van der Waals surface area contributed by atoms with Crippen LogP contribution in [0, 0.1) is 6.92 Å². The second-order valence-electron chi connectivity index (χ2n) is 5.07. The van der Waals surface area contributed by atoms with E-state index in [0.717, 1.165) is 22.3 Å². The number of phenolic OH excluding ortho intramolecular Hbond substituents is 2. The van der Waals surface area contributed by atoms with Crippen LogP contribution in [0.1, 0.15) is 5.56 Å². The van der Waals surface area contributed by atoms with Crippen LogP contribution in [0.2, 0.25) is 0 Å². The number of hydrogen-bond donors (Lipinski definition) is 2. The van der Waals surface area contributed by atoms with Gasteiger partial charge in [0.25, 0.3) is 0 Å². The summed E-state index contributed by atoms with van der Waals surface area (Å²) < 4.78 is 0. The van der Waals surface area contributed by atoms with Gasteiger partial charge in [0.1, 0.15) is 11.5 Å². The van der Waals surface area contributed by atoms with Crippen LogP contribution in [-0.2, 0) is 0 Å². The van der Waals surface area contributed by atoms with Crippen LogP contribution >= 0.6 is 0 Å². The number of rotatable bonds is 2. The van der Waals surface area contributed by atoms with E-state index in [9.17, 15) is 10.2 Å². The Bertz CT molecular complexity index is 693. The van der Waals surface area contributed by atoms with Gasteiger partial charge in [-0.3, -0.25) is 0 Å². The molecule has 0 aromatic heterocycles. The highest BCUT2D eigenvalue weighted by atomic mass is 16.3. The van der Waals surface area contributed by atoms with Crippen molar-refractivity contribution in [2.75, 3.05) is 0 Å². The minimum atomic E-state index is 0.270. The van der Waals surface area contributed by atoms with Crippen molar-refractivity contribution in [1.82, 2.24) is 0 Å². The zero-order valence-electron chi connectivity index (χ0n) is 11.7. The summed E-state index contributed by atoms with van der Waals surface area (Å²) in [7, 11) is 0. The van der Waals surface area contributed by atoms with Crippen LogP contribution in [0.15, 0.2) is 66.7 Å². The molecule has 0 atom stereocenters. The van der Waals surface area contributed by atoms with E-state index >= 15 is 0 Å². The van der Waals surface area contributed by atoms with Crippen LogP contribution in [-0.4, -0.2) is 10.2 Å². The largest absolute Gasteiger partial charge is 0.508 e. The minimum Gasteiger partial charge on any atom is -0.508 e. The van der Waals surface area contributed by atoms with Gasteiger partial charge in [-0.15, -0.1) is 0 Å². The second-order valence-corrected chi connectivity index (χ2v) is 5.07. The Balaban J connectivity index is 2.10. The van der Waals surface area contributed by atoms with E-state index in [0.29, 0.717) is 0 Å². The lowest BCUT2D eigenvalue weighted by atomic mass is 9.93. The summed E-state index contributed by atoms with van der Waals surface area (Å²) >= 11 is 0. The molecule has 104 valence electrons. The number of benzene rings is 3. The molecule has 21 heavy (non-hydrogen) atoms. The molecular weight excluding hydrogens is 260 g/mol. The van der Waals surface area contributed by atoms with Crippen molar-refractivity contribution in [2.45, 2.75) is 6.92 Å². The Hall–Kier alpha value is -2.74. The summed E-state index contributed by atoms with van der Waals surface area (Å²) in [5.74, 6) is 0.539. The normalized spacial score (nSPS) is 10.5. The smallest absolute Gasteiger partial charge is 0.115 e. The number of hydrogen-bond acceptors (Lipinski definition) is 2. The molecule has 0 bridgehead atoms. The monoisotopic (exact) mass is 276 g/mol. The van der Waals surface area contributed by atoms with Gasteiger partial charge in [-0.05, 0) is 59.0 Å². The SMILES string of the molecule is Cc1c(-c2ccc(O)cc2)cccc1-c1ccc(O)cc1. The average Bonchev–Trinajstić information content (AvgIpc) is 2.50. The molecule has 0 heterocycles. The quantitative estimate of drug-likeness (QED) is 0.709. The van der Waals surface area contributed by atoms with Gasteiger partial charge in [-0.25, -0.2) is 0 Å². The van der Waals surface area contributed by atoms with Gasteiger partial charge in [0.2, 0.25) is 0 Å². The second kappa shape index (κ2) is 5.33. The van der Waals surface area contributed by atoms with Gasteiger partial charge < -0.3 is 10.2 Å². The third-order valence-corrected chi connectivity index (χ3v) is 3.69. The zero-order chi connectivity index (χ0) is 14.8. The van der Waals surface area contributed by atoms with Gasteiger partial charge in [0.05, 0.1) is 0 Å². The maximum Gasteiger partial charge on any atom is 0.115 e. The van der Waals surface area contributed by atoms with Crippen molar-refractivity contribution in [3.8, 4) is 33.8 Å². The summed E-state index contributed by atoms with van der Waals surface area (Å²) in [5.41, 5.74) is 5.60. The van der Waals surface area contributed by atoms with Crippen molar-refractivity contribution in [2.24, 2.45) is 0 Å². The number of aromatic hydroxyl groups is 2. The first-order valence-electron chi connectivity index (χ1n) is 6.83. The molecule has 0 aliphatic heterocycles. The average molecular weight is 276 g/mol. The van der Waals surface area contributed by atoms with E-state index in [1.807, 2.05) is 30.3 Å². The molecule has 3 aromatic carbocycles. The fourth-order valence-electron chi connectivity index (χ4n) is 2.54. The van der Waals surface area contributed by atoms with Gasteiger partial charge in [0, 0.05) is 0 Å². The van der Waals surface area contributed by atoms with Gasteiger partial charge >= 0.3 is 0 Å². The first-order chi connectivity index (χ1) is 10.1. The van der Waals surface area contributed by atoms with Gasteiger partial charge in [0.15, 0.2) is 0 Å². The maximum absolute atomic E-state index is 9.41. The van der Waals surface area contributed by atoms with Crippen molar-refractivity contribution < 1.29 is 10.2 Å². The molecule has 3 rings (SSSR count). The minimum absolute atomic E-state index is 0.270. The predicted molar refractivity (Wildman–Crippen MR) is 85.4 cm³/mol. The van der Waals surface area contributed by atoms with Gasteiger partial charge in [-0.2, -0.15) is 0 Å². The molecule has 0 saturated heterocycles. The van der Waals surface area contributed by atoms with E-state index in [1.54, 1.807) is 24.3 Å². The molecule has 0 saturated carbocycles. The van der Waals surface area contributed by atoms with Crippen LogP contribution in [0.25, 0.3) is 22.3 Å². The molecule has 0 radical (unpaired) electrons. The van der Waals surface area contributed by atoms with Gasteiger partial charge in [-0.1, -0.05) is 42.5 Å². The highest BCUT2D eigenvalue weighted by molar-refractivity contribution is 5.78. The maximum atomic E-state index is 9.41. The van der Waals surface area contributed by atoms with Crippen LogP contribution in [0.5, 0.6) is 11.5 Å². The summed E-state index contributed by atoms with van der Waals surface area (Å²) in [4.78, 5) is 0. The Morgan fingerprint density at radius 3 is 1.33 bits per heavy atom. The van der Waals surface area contributed by atoms with Crippen molar-refractivity contribution >= 4 is 0 Å². The third kappa shape index (κ3) is 2.61. The van der Waals surface area contributed by atoms with E-state index in [4.69, 9.17) is 0 Å². The van der Waals surface area contributed by atoms with E-state index in [1.165, 1.54) is 5.56 Å². The summed E-state index contributed by atoms with van der Waals surface area (Å²) in [5, 5.41) is 18.8. The Kier molecular flexibility index (Phi) is 3.36. The Morgan fingerprint density at radius 2 is 0.952 bits per heavy atom. The lowest BCUT2D eigenvalue weighted by molar-refractivity contribution is 0.475. The van der Waals surface area contributed by atoms with E-state index < -0.39 is 0 Å². The van der Waals surface area contributed by atoms with Crippen LogP contribution < -0.4 is 0 Å². The molecule has 0 unspecified atom stereocenters. The van der Waals surface area contributed by atoms with Crippen LogP contribution in [0.4, 0.5) is 0 Å². The third-order valence-electron chi connectivity index (χ3n) is 3.69. The molecule has 0 spiro atoms. The lowest BCUT2D eigenvalue weighted by Crippen LogP contribution is -1.88. The first-order valence-corrected chi connectivity index (χ1v) is 6.83.